The summed E-state index contributed by atoms with van der Waals surface area (Å²) in [6.45, 7) is 2.75. The Kier molecular flexibility index (Phi) is 3.99. The van der Waals surface area contributed by atoms with Crippen molar-refractivity contribution in [2.45, 2.75) is 19.4 Å². The van der Waals surface area contributed by atoms with E-state index in [0.717, 1.165) is 23.3 Å². The first-order chi connectivity index (χ1) is 8.70. The van der Waals surface area contributed by atoms with Gasteiger partial charge in [0.05, 0.1) is 12.8 Å². The van der Waals surface area contributed by atoms with Crippen LogP contribution in [0.25, 0.3) is 0 Å². The second kappa shape index (κ2) is 5.69. The molecule has 1 aromatic heterocycles. The first-order valence-electron chi connectivity index (χ1n) is 6.10. The lowest BCUT2D eigenvalue weighted by Gasteiger charge is -2.11. The zero-order valence-electron chi connectivity index (χ0n) is 10.7. The summed E-state index contributed by atoms with van der Waals surface area (Å²) in [5.41, 5.74) is 1.60. The van der Waals surface area contributed by atoms with Gasteiger partial charge in [0.1, 0.15) is 11.9 Å². The van der Waals surface area contributed by atoms with Gasteiger partial charge in [0, 0.05) is 18.8 Å². The summed E-state index contributed by atoms with van der Waals surface area (Å²) >= 11 is 0. The maximum atomic E-state index is 10.2. The van der Waals surface area contributed by atoms with Crippen LogP contribution >= 0.6 is 0 Å². The highest BCUT2D eigenvalue weighted by Crippen LogP contribution is 2.24. The second-order valence-corrected chi connectivity index (χ2v) is 4.27. The largest absolute Gasteiger partial charge is 0.494 e. The zero-order chi connectivity index (χ0) is 13.0. The molecule has 1 heterocycles. The second-order valence-electron chi connectivity index (χ2n) is 4.27. The van der Waals surface area contributed by atoms with Gasteiger partial charge in [0.15, 0.2) is 0 Å². The van der Waals surface area contributed by atoms with Crippen LogP contribution in [0.2, 0.25) is 0 Å². The van der Waals surface area contributed by atoms with Crippen molar-refractivity contribution in [2.75, 3.05) is 6.61 Å². The summed E-state index contributed by atoms with van der Waals surface area (Å²) in [4.78, 5) is 0. The van der Waals surface area contributed by atoms with Crippen LogP contribution in [0.3, 0.4) is 0 Å². The standard InChI is InChI=1S/C14H18N2O2/c1-3-7-18-13-6-4-5-11(8-13)14(17)12-9-15-16(2)10-12/h4-6,8-10,14,17H,3,7H2,1-2H3. The summed E-state index contributed by atoms with van der Waals surface area (Å²) in [6.07, 6.45) is 3.79. The van der Waals surface area contributed by atoms with Gasteiger partial charge in [-0.1, -0.05) is 19.1 Å². The lowest BCUT2D eigenvalue weighted by molar-refractivity contribution is 0.219. The number of hydrogen-bond acceptors (Lipinski definition) is 3. The van der Waals surface area contributed by atoms with Crippen LogP contribution in [0.4, 0.5) is 0 Å². The maximum Gasteiger partial charge on any atom is 0.119 e. The third kappa shape index (κ3) is 2.90. The van der Waals surface area contributed by atoms with E-state index in [1.54, 1.807) is 10.9 Å². The number of hydrogen-bond donors (Lipinski definition) is 1. The molecule has 0 radical (unpaired) electrons. The molecular weight excluding hydrogens is 228 g/mol. The molecule has 0 saturated carbocycles. The molecule has 4 nitrogen and oxygen atoms in total. The van der Waals surface area contributed by atoms with E-state index in [1.165, 1.54) is 0 Å². The Hall–Kier alpha value is -1.81. The van der Waals surface area contributed by atoms with E-state index in [2.05, 4.69) is 12.0 Å². The van der Waals surface area contributed by atoms with E-state index in [-0.39, 0.29) is 0 Å². The monoisotopic (exact) mass is 246 g/mol. The van der Waals surface area contributed by atoms with Crippen LogP contribution in [-0.2, 0) is 7.05 Å². The molecule has 0 amide bonds. The lowest BCUT2D eigenvalue weighted by Crippen LogP contribution is -2.00. The predicted molar refractivity (Wildman–Crippen MR) is 69.5 cm³/mol. The number of nitrogens with zero attached hydrogens (tertiary/aromatic N) is 2. The molecule has 0 aliphatic carbocycles. The van der Waals surface area contributed by atoms with Crippen LogP contribution in [-0.4, -0.2) is 21.5 Å². The highest BCUT2D eigenvalue weighted by molar-refractivity contribution is 5.34. The minimum absolute atomic E-state index is 0.663. The van der Waals surface area contributed by atoms with Crippen molar-refractivity contribution in [3.8, 4) is 5.75 Å². The van der Waals surface area contributed by atoms with E-state index >= 15 is 0 Å². The van der Waals surface area contributed by atoms with Crippen molar-refractivity contribution in [1.29, 1.82) is 0 Å². The minimum Gasteiger partial charge on any atom is -0.494 e. The molecule has 96 valence electrons. The van der Waals surface area contributed by atoms with E-state index < -0.39 is 6.10 Å². The number of aliphatic hydroxyl groups is 1. The molecule has 1 aromatic carbocycles. The van der Waals surface area contributed by atoms with E-state index in [0.29, 0.717) is 6.61 Å². The number of benzene rings is 1. The molecule has 0 saturated heterocycles. The molecular formula is C14H18N2O2. The number of ether oxygens (including phenoxy) is 1. The molecule has 18 heavy (non-hydrogen) atoms. The van der Waals surface area contributed by atoms with Crippen molar-refractivity contribution < 1.29 is 9.84 Å². The highest BCUT2D eigenvalue weighted by atomic mass is 16.5. The van der Waals surface area contributed by atoms with Crippen LogP contribution < -0.4 is 4.74 Å². The molecule has 0 spiro atoms. The Labute approximate surface area is 107 Å². The molecule has 1 atom stereocenters. The van der Waals surface area contributed by atoms with Gasteiger partial charge in [-0.05, 0) is 24.1 Å². The van der Waals surface area contributed by atoms with Gasteiger partial charge in [-0.3, -0.25) is 4.68 Å². The van der Waals surface area contributed by atoms with Crippen molar-refractivity contribution in [3.05, 3.63) is 47.8 Å². The molecule has 0 bridgehead atoms. The first-order valence-corrected chi connectivity index (χ1v) is 6.10. The van der Waals surface area contributed by atoms with Gasteiger partial charge in [-0.15, -0.1) is 0 Å². The fraction of sp³-hybridized carbons (Fsp3) is 0.357. The highest BCUT2D eigenvalue weighted by Gasteiger charge is 2.12. The van der Waals surface area contributed by atoms with Crippen molar-refractivity contribution in [2.24, 2.45) is 7.05 Å². The van der Waals surface area contributed by atoms with E-state index in [4.69, 9.17) is 4.74 Å². The fourth-order valence-corrected chi connectivity index (χ4v) is 1.77. The van der Waals surface area contributed by atoms with Gasteiger partial charge in [0.25, 0.3) is 0 Å². The molecule has 1 unspecified atom stereocenters. The predicted octanol–water partition coefficient (Wildman–Crippen LogP) is 2.29. The molecule has 0 aliphatic rings. The van der Waals surface area contributed by atoms with Crippen LogP contribution in [0.5, 0.6) is 5.75 Å². The van der Waals surface area contributed by atoms with Gasteiger partial charge in [-0.2, -0.15) is 5.10 Å². The van der Waals surface area contributed by atoms with E-state index in [1.807, 2.05) is 37.5 Å². The Bertz CT molecular complexity index is 508. The Morgan fingerprint density at radius 1 is 1.39 bits per heavy atom. The Balaban J connectivity index is 2.17. The zero-order valence-corrected chi connectivity index (χ0v) is 10.7. The van der Waals surface area contributed by atoms with E-state index in [9.17, 15) is 5.11 Å². The van der Waals surface area contributed by atoms with Gasteiger partial charge in [-0.25, -0.2) is 0 Å². The lowest BCUT2D eigenvalue weighted by atomic mass is 10.0. The maximum absolute atomic E-state index is 10.2. The molecule has 2 rings (SSSR count). The summed E-state index contributed by atoms with van der Waals surface area (Å²) in [6, 6.07) is 7.54. The minimum atomic E-state index is -0.663. The normalized spacial score (nSPS) is 12.4. The van der Waals surface area contributed by atoms with Crippen molar-refractivity contribution >= 4 is 0 Å². The Morgan fingerprint density at radius 3 is 2.89 bits per heavy atom. The topological polar surface area (TPSA) is 47.3 Å². The third-order valence-corrected chi connectivity index (χ3v) is 2.69. The molecule has 0 aliphatic heterocycles. The summed E-state index contributed by atoms with van der Waals surface area (Å²) < 4.78 is 7.23. The quantitative estimate of drug-likeness (QED) is 0.880. The SMILES string of the molecule is CCCOc1cccc(C(O)c2cnn(C)c2)c1. The number of aryl methyl sites for hydroxylation is 1. The number of aliphatic hydroxyl groups excluding tert-OH is 1. The Morgan fingerprint density at radius 2 is 2.22 bits per heavy atom. The number of aromatic nitrogens is 2. The molecule has 2 aromatic rings. The first kappa shape index (κ1) is 12.6. The summed E-state index contributed by atoms with van der Waals surface area (Å²) in [7, 11) is 1.83. The number of rotatable bonds is 5. The summed E-state index contributed by atoms with van der Waals surface area (Å²) in [5.74, 6) is 0.789. The van der Waals surface area contributed by atoms with Crippen LogP contribution in [0.15, 0.2) is 36.7 Å². The fourth-order valence-electron chi connectivity index (χ4n) is 1.77. The van der Waals surface area contributed by atoms with Gasteiger partial charge >= 0.3 is 0 Å². The van der Waals surface area contributed by atoms with Crippen LogP contribution in [0, 0.1) is 0 Å². The van der Waals surface area contributed by atoms with Crippen molar-refractivity contribution in [1.82, 2.24) is 9.78 Å². The van der Waals surface area contributed by atoms with Crippen LogP contribution in [0.1, 0.15) is 30.6 Å². The smallest absolute Gasteiger partial charge is 0.119 e. The molecule has 0 fully saturated rings. The van der Waals surface area contributed by atoms with Gasteiger partial charge < -0.3 is 9.84 Å². The average molecular weight is 246 g/mol. The van der Waals surface area contributed by atoms with Crippen molar-refractivity contribution in [3.63, 3.8) is 0 Å². The summed E-state index contributed by atoms with van der Waals surface area (Å²) in [5, 5.41) is 14.3. The third-order valence-electron chi connectivity index (χ3n) is 2.69. The molecule has 4 heteroatoms. The van der Waals surface area contributed by atoms with Gasteiger partial charge in [0.2, 0.25) is 0 Å². The average Bonchev–Trinajstić information content (AvgIpc) is 2.82. The molecule has 1 N–H and O–H groups in total.